The second kappa shape index (κ2) is 4.45. The lowest BCUT2D eigenvalue weighted by Crippen LogP contribution is -2.08. The summed E-state index contributed by atoms with van der Waals surface area (Å²) in [5.74, 6) is 2.58. The van der Waals surface area contributed by atoms with Crippen LogP contribution in [0, 0.1) is 5.92 Å². The van der Waals surface area contributed by atoms with Gasteiger partial charge in [-0.2, -0.15) is 0 Å². The number of nitrogens with zero attached hydrogens (tertiary/aromatic N) is 2. The summed E-state index contributed by atoms with van der Waals surface area (Å²) in [6.07, 6.45) is 8.48. The summed E-state index contributed by atoms with van der Waals surface area (Å²) in [5.41, 5.74) is 1.56. The van der Waals surface area contributed by atoms with Crippen molar-refractivity contribution in [2.75, 3.05) is 6.26 Å². The zero-order valence-electron chi connectivity index (χ0n) is 11.4. The van der Waals surface area contributed by atoms with Gasteiger partial charge in [0.2, 0.25) is 0 Å². The Morgan fingerprint density at radius 3 is 2.79 bits per heavy atom. The molecular weight excluding hydrogens is 272 g/mol. The lowest BCUT2D eigenvalue weighted by Gasteiger charge is -2.18. The summed E-state index contributed by atoms with van der Waals surface area (Å²) in [4.78, 5) is 12.5. The van der Waals surface area contributed by atoms with Gasteiger partial charge in [-0.3, -0.25) is 0 Å². The molecule has 2 nitrogen and oxygen atoms in total. The number of aryl methyl sites for hydroxylation is 1. The zero-order chi connectivity index (χ0) is 13.0. The van der Waals surface area contributed by atoms with E-state index in [4.69, 9.17) is 9.97 Å². The molecule has 1 fully saturated rings. The molecule has 2 aromatic rings. The molecule has 1 saturated carbocycles. The largest absolute Gasteiger partial charge is 0.226 e. The minimum atomic E-state index is 0.647. The second-order valence-electron chi connectivity index (χ2n) is 5.90. The minimum Gasteiger partial charge on any atom is -0.226 e. The molecule has 0 aliphatic heterocycles. The summed E-state index contributed by atoms with van der Waals surface area (Å²) in [5, 5.41) is 2.60. The summed E-state index contributed by atoms with van der Waals surface area (Å²) in [6, 6.07) is 0. The molecule has 0 aromatic carbocycles. The van der Waals surface area contributed by atoms with Gasteiger partial charge in [0, 0.05) is 16.2 Å². The Kier molecular flexibility index (Phi) is 2.85. The minimum absolute atomic E-state index is 0.647. The van der Waals surface area contributed by atoms with Gasteiger partial charge < -0.3 is 0 Å². The predicted molar refractivity (Wildman–Crippen MR) is 82.4 cm³/mol. The molecule has 0 bridgehead atoms. The van der Waals surface area contributed by atoms with Crippen LogP contribution in [0.25, 0.3) is 10.2 Å². The Morgan fingerprint density at radius 2 is 2.05 bits per heavy atom. The lowest BCUT2D eigenvalue weighted by molar-refractivity contribution is 0.509. The predicted octanol–water partition coefficient (Wildman–Crippen LogP) is 4.42. The van der Waals surface area contributed by atoms with Crippen molar-refractivity contribution in [3.05, 3.63) is 16.3 Å². The highest BCUT2D eigenvalue weighted by Crippen LogP contribution is 2.44. The Hall–Kier alpha value is -0.610. The van der Waals surface area contributed by atoms with Crippen molar-refractivity contribution in [1.29, 1.82) is 0 Å². The van der Waals surface area contributed by atoms with Gasteiger partial charge in [0.05, 0.1) is 0 Å². The van der Waals surface area contributed by atoms with Crippen molar-refractivity contribution in [2.45, 2.75) is 50.0 Å². The molecule has 100 valence electrons. The van der Waals surface area contributed by atoms with Crippen LogP contribution in [-0.4, -0.2) is 16.2 Å². The maximum absolute atomic E-state index is 4.87. The van der Waals surface area contributed by atoms with Crippen LogP contribution in [-0.2, 0) is 12.8 Å². The molecule has 0 N–H and O–H groups in total. The number of thiophene rings is 1. The van der Waals surface area contributed by atoms with Crippen LogP contribution in [0.1, 0.15) is 48.4 Å². The van der Waals surface area contributed by atoms with E-state index >= 15 is 0 Å². The number of hydrogen-bond donors (Lipinski definition) is 0. The molecule has 4 rings (SSSR count). The number of fused-ring (bicyclic) bond motifs is 3. The van der Waals surface area contributed by atoms with Crippen molar-refractivity contribution in [3.63, 3.8) is 0 Å². The SMILES string of the molecule is CSc1nc(C2CC2)nc2sc3c(c12)CC[C@H](C)C3. The maximum atomic E-state index is 4.87. The van der Waals surface area contributed by atoms with E-state index in [-0.39, 0.29) is 0 Å². The van der Waals surface area contributed by atoms with Crippen LogP contribution in [0.2, 0.25) is 0 Å². The third-order valence-corrected chi connectivity index (χ3v) is 6.11. The molecule has 0 amide bonds. The van der Waals surface area contributed by atoms with Gasteiger partial charge in [0.15, 0.2) is 0 Å². The lowest BCUT2D eigenvalue weighted by atomic mass is 9.89. The third kappa shape index (κ3) is 2.00. The highest BCUT2D eigenvalue weighted by Gasteiger charge is 2.29. The van der Waals surface area contributed by atoms with Crippen LogP contribution in [0.15, 0.2) is 5.03 Å². The first-order chi connectivity index (χ1) is 9.26. The van der Waals surface area contributed by atoms with Crippen molar-refractivity contribution in [1.82, 2.24) is 9.97 Å². The first kappa shape index (κ1) is 12.2. The van der Waals surface area contributed by atoms with E-state index < -0.39 is 0 Å². The highest BCUT2D eigenvalue weighted by atomic mass is 32.2. The monoisotopic (exact) mass is 290 g/mol. The Morgan fingerprint density at radius 1 is 1.21 bits per heavy atom. The quantitative estimate of drug-likeness (QED) is 0.605. The van der Waals surface area contributed by atoms with Gasteiger partial charge in [-0.05, 0) is 49.8 Å². The Balaban J connectivity index is 1.93. The van der Waals surface area contributed by atoms with Gasteiger partial charge in [-0.25, -0.2) is 9.97 Å². The van der Waals surface area contributed by atoms with Crippen molar-refractivity contribution < 1.29 is 0 Å². The number of rotatable bonds is 2. The first-order valence-corrected chi connectivity index (χ1v) is 9.16. The molecule has 0 radical (unpaired) electrons. The average molecular weight is 290 g/mol. The Labute approximate surface area is 122 Å². The standard InChI is InChI=1S/C15H18N2S2/c1-8-3-6-10-11(7-8)19-15-12(10)14(18-2)16-13(17-15)9-4-5-9/h8-9H,3-7H2,1-2H3/t8-/m0/s1. The van der Waals surface area contributed by atoms with E-state index in [1.165, 1.54) is 47.3 Å². The molecule has 0 spiro atoms. The van der Waals surface area contributed by atoms with Crippen LogP contribution in [0.4, 0.5) is 0 Å². The smallest absolute Gasteiger partial charge is 0.134 e. The molecule has 2 aliphatic carbocycles. The molecular formula is C15H18N2S2. The molecule has 2 heterocycles. The fourth-order valence-electron chi connectivity index (χ4n) is 3.00. The van der Waals surface area contributed by atoms with Gasteiger partial charge >= 0.3 is 0 Å². The van der Waals surface area contributed by atoms with E-state index in [9.17, 15) is 0 Å². The number of thioether (sulfide) groups is 1. The van der Waals surface area contributed by atoms with Crippen LogP contribution in [0.5, 0.6) is 0 Å². The van der Waals surface area contributed by atoms with Crippen LogP contribution in [0.3, 0.4) is 0 Å². The molecule has 19 heavy (non-hydrogen) atoms. The second-order valence-corrected chi connectivity index (χ2v) is 7.78. The topological polar surface area (TPSA) is 25.8 Å². The number of aromatic nitrogens is 2. The van der Waals surface area contributed by atoms with Crippen molar-refractivity contribution in [2.24, 2.45) is 5.92 Å². The summed E-state index contributed by atoms with van der Waals surface area (Å²) in [7, 11) is 0. The number of hydrogen-bond acceptors (Lipinski definition) is 4. The fraction of sp³-hybridized carbons (Fsp3) is 0.600. The van der Waals surface area contributed by atoms with Crippen molar-refractivity contribution >= 4 is 33.3 Å². The molecule has 2 aliphatic rings. The van der Waals surface area contributed by atoms with E-state index in [1.807, 2.05) is 11.3 Å². The molecule has 2 aromatic heterocycles. The molecule has 0 saturated heterocycles. The zero-order valence-corrected chi connectivity index (χ0v) is 13.0. The molecule has 4 heteroatoms. The van der Waals surface area contributed by atoms with E-state index in [1.54, 1.807) is 22.2 Å². The fourth-order valence-corrected chi connectivity index (χ4v) is 5.06. The summed E-state index contributed by atoms with van der Waals surface area (Å²) < 4.78 is 0. The molecule has 1 atom stereocenters. The normalized spacial score (nSPS) is 22.7. The van der Waals surface area contributed by atoms with E-state index in [0.29, 0.717) is 5.92 Å². The average Bonchev–Trinajstić information content (AvgIpc) is 3.18. The van der Waals surface area contributed by atoms with Crippen LogP contribution < -0.4 is 0 Å². The van der Waals surface area contributed by atoms with Gasteiger partial charge in [-0.1, -0.05) is 6.92 Å². The summed E-state index contributed by atoms with van der Waals surface area (Å²) in [6.45, 7) is 2.37. The van der Waals surface area contributed by atoms with E-state index in [0.717, 1.165) is 11.7 Å². The molecule has 0 unspecified atom stereocenters. The van der Waals surface area contributed by atoms with Crippen molar-refractivity contribution in [3.8, 4) is 0 Å². The van der Waals surface area contributed by atoms with Gasteiger partial charge in [-0.15, -0.1) is 23.1 Å². The summed E-state index contributed by atoms with van der Waals surface area (Å²) >= 11 is 3.72. The highest BCUT2D eigenvalue weighted by molar-refractivity contribution is 7.98. The van der Waals surface area contributed by atoms with Gasteiger partial charge in [0.1, 0.15) is 15.7 Å². The third-order valence-electron chi connectivity index (χ3n) is 4.28. The van der Waals surface area contributed by atoms with Crippen LogP contribution >= 0.6 is 23.1 Å². The van der Waals surface area contributed by atoms with Gasteiger partial charge in [0.25, 0.3) is 0 Å². The Bertz CT molecular complexity index is 643. The van der Waals surface area contributed by atoms with E-state index in [2.05, 4.69) is 13.2 Å². The first-order valence-electron chi connectivity index (χ1n) is 7.12. The maximum Gasteiger partial charge on any atom is 0.134 e.